The van der Waals surface area contributed by atoms with Gasteiger partial charge in [-0.15, -0.1) is 0 Å². The molecule has 1 aliphatic heterocycles. The Balaban J connectivity index is 1.79. The summed E-state index contributed by atoms with van der Waals surface area (Å²) in [6.07, 6.45) is 4.79. The molecule has 0 saturated heterocycles. The molecule has 3 aromatic carbocycles. The van der Waals surface area contributed by atoms with Crippen LogP contribution < -0.4 is 0 Å². The van der Waals surface area contributed by atoms with Crippen molar-refractivity contribution in [1.29, 1.82) is 0 Å². The molecule has 0 radical (unpaired) electrons. The van der Waals surface area contributed by atoms with Crippen LogP contribution in [0.1, 0.15) is 22.3 Å². The highest BCUT2D eigenvalue weighted by Crippen LogP contribution is 2.51. The molecule has 3 aromatic rings. The molecule has 0 bridgehead atoms. The first-order valence-electron chi connectivity index (χ1n) is 8.26. The third-order valence-corrected chi connectivity index (χ3v) is 5.86. The fourth-order valence-corrected chi connectivity index (χ4v) is 4.60. The summed E-state index contributed by atoms with van der Waals surface area (Å²) >= 11 is 0. The van der Waals surface area contributed by atoms with Gasteiger partial charge in [0.15, 0.2) is 0 Å². The van der Waals surface area contributed by atoms with Crippen LogP contribution in [-0.2, 0) is 0 Å². The van der Waals surface area contributed by atoms with Gasteiger partial charge >= 0.3 is 0 Å². The van der Waals surface area contributed by atoms with Crippen molar-refractivity contribution >= 4 is 19.5 Å². The van der Waals surface area contributed by atoms with Crippen LogP contribution in [0.15, 0.2) is 103 Å². The van der Waals surface area contributed by atoms with E-state index in [4.69, 9.17) is 0 Å². The van der Waals surface area contributed by atoms with E-state index in [0.717, 1.165) is 8.58 Å². The van der Waals surface area contributed by atoms with E-state index in [2.05, 4.69) is 103 Å². The number of rotatable bonds is 3. The second kappa shape index (κ2) is 6.99. The first-order valence-corrected chi connectivity index (χ1v) is 9.34. The lowest BCUT2D eigenvalue weighted by Crippen LogP contribution is -1.96. The topological polar surface area (TPSA) is 0 Å². The molecule has 0 nitrogen and oxygen atoms in total. The van der Waals surface area contributed by atoms with Crippen LogP contribution in [0.5, 0.6) is 0 Å². The van der Waals surface area contributed by atoms with Crippen LogP contribution in [-0.4, -0.2) is 0 Å². The van der Waals surface area contributed by atoms with Gasteiger partial charge in [0.05, 0.1) is 0 Å². The van der Waals surface area contributed by atoms with E-state index in [1.165, 1.54) is 27.6 Å². The Labute approximate surface area is 145 Å². The Morgan fingerprint density at radius 1 is 0.583 bits per heavy atom. The van der Waals surface area contributed by atoms with Crippen LogP contribution in [0.2, 0.25) is 0 Å². The van der Waals surface area contributed by atoms with Crippen LogP contribution in [0.3, 0.4) is 0 Å². The normalized spacial score (nSPS) is 18.1. The summed E-state index contributed by atoms with van der Waals surface area (Å²) in [5, 5.41) is 1.44. The lowest BCUT2D eigenvalue weighted by Gasteiger charge is -2.23. The minimum Gasteiger partial charge on any atom is -0.0781 e. The molecule has 1 aliphatic rings. The van der Waals surface area contributed by atoms with Crippen LogP contribution in [0.4, 0.5) is 0 Å². The summed E-state index contributed by atoms with van der Waals surface area (Å²) in [4.78, 5) is 0. The van der Waals surface area contributed by atoms with Crippen molar-refractivity contribution in [3.63, 3.8) is 0 Å². The third-order valence-electron chi connectivity index (χ3n) is 4.31. The van der Waals surface area contributed by atoms with Gasteiger partial charge in [-0.25, -0.2) is 0 Å². The van der Waals surface area contributed by atoms with Crippen molar-refractivity contribution in [3.05, 3.63) is 120 Å². The summed E-state index contributed by atoms with van der Waals surface area (Å²) in [7, 11) is 0.754. The maximum absolute atomic E-state index is 2.43. The Hall–Kier alpha value is -2.43. The average molecular weight is 326 g/mol. The predicted molar refractivity (Wildman–Crippen MR) is 106 cm³/mol. The van der Waals surface area contributed by atoms with Gasteiger partial charge in [-0.1, -0.05) is 106 Å². The first kappa shape index (κ1) is 15.1. The molecule has 1 heteroatoms. The van der Waals surface area contributed by atoms with Gasteiger partial charge in [0.25, 0.3) is 0 Å². The predicted octanol–water partition coefficient (Wildman–Crippen LogP) is 6.54. The highest BCUT2D eigenvalue weighted by Gasteiger charge is 2.18. The second-order valence-electron chi connectivity index (χ2n) is 5.94. The summed E-state index contributed by atoms with van der Waals surface area (Å²) in [6, 6.07) is 32.3. The zero-order valence-corrected chi connectivity index (χ0v) is 14.4. The molecule has 0 N–H and O–H groups in total. The Bertz CT molecular complexity index is 862. The van der Waals surface area contributed by atoms with Gasteiger partial charge in [0.1, 0.15) is 0 Å². The number of hydrogen-bond donors (Lipinski definition) is 0. The average Bonchev–Trinajstić information content (AvgIpc) is 2.70. The molecule has 1 unspecified atom stereocenters. The van der Waals surface area contributed by atoms with Crippen molar-refractivity contribution in [3.8, 4) is 0 Å². The molecule has 4 rings (SSSR count). The number of hydrogen-bond acceptors (Lipinski definition) is 0. The quantitative estimate of drug-likeness (QED) is 0.479. The van der Waals surface area contributed by atoms with Crippen molar-refractivity contribution in [2.45, 2.75) is 5.66 Å². The molecule has 116 valence electrons. The number of benzene rings is 3. The molecule has 0 aromatic heterocycles. The fraction of sp³-hybridized carbons (Fsp3) is 0.0435. The van der Waals surface area contributed by atoms with Gasteiger partial charge in [-0.05, 0) is 33.7 Å². The molecule has 0 amide bonds. The minimum absolute atomic E-state index is 0.446. The highest BCUT2D eigenvalue weighted by molar-refractivity contribution is 7.51. The molecule has 1 heterocycles. The standard InChI is InChI=1S/C23H19P/c1-4-10-18(11-5-1)21-16-22(19-12-6-2-7-13-19)24-23(17-21)20-14-8-3-9-15-20/h1-17,22,24H/t22-/m0/s1. The molecule has 0 fully saturated rings. The molecule has 2 atom stereocenters. The van der Waals surface area contributed by atoms with Crippen molar-refractivity contribution < 1.29 is 0 Å². The lowest BCUT2D eigenvalue weighted by molar-refractivity contribution is 1.22. The summed E-state index contributed by atoms with van der Waals surface area (Å²) in [5.74, 6) is 0. The summed E-state index contributed by atoms with van der Waals surface area (Å²) in [6.45, 7) is 0. The Kier molecular flexibility index (Phi) is 4.40. The van der Waals surface area contributed by atoms with Crippen molar-refractivity contribution in [2.24, 2.45) is 0 Å². The molecule has 0 spiro atoms. The van der Waals surface area contributed by atoms with Gasteiger partial charge in [0, 0.05) is 5.66 Å². The summed E-state index contributed by atoms with van der Waals surface area (Å²) < 4.78 is 0. The van der Waals surface area contributed by atoms with E-state index < -0.39 is 0 Å². The van der Waals surface area contributed by atoms with Gasteiger partial charge < -0.3 is 0 Å². The second-order valence-corrected chi connectivity index (χ2v) is 7.39. The fourth-order valence-electron chi connectivity index (χ4n) is 3.07. The van der Waals surface area contributed by atoms with E-state index in [0.29, 0.717) is 5.66 Å². The lowest BCUT2D eigenvalue weighted by atomic mass is 10.0. The van der Waals surface area contributed by atoms with Crippen molar-refractivity contribution in [2.75, 3.05) is 0 Å². The SMILES string of the molecule is C1=C(c2ccccc2)C=C(c2ccccc2)P[C@@H]1c1ccccc1. The summed E-state index contributed by atoms with van der Waals surface area (Å²) in [5.41, 5.74) is 5.78. The molecule has 24 heavy (non-hydrogen) atoms. The first-order chi connectivity index (χ1) is 11.9. The van der Waals surface area contributed by atoms with Crippen LogP contribution >= 0.6 is 8.58 Å². The van der Waals surface area contributed by atoms with E-state index in [1.54, 1.807) is 0 Å². The molecular formula is C23H19P. The van der Waals surface area contributed by atoms with Gasteiger partial charge in [-0.3, -0.25) is 0 Å². The molecule has 0 saturated carbocycles. The maximum Gasteiger partial charge on any atom is 0.0243 e. The number of allylic oxidation sites excluding steroid dienone is 3. The zero-order chi connectivity index (χ0) is 16.2. The zero-order valence-electron chi connectivity index (χ0n) is 13.4. The maximum atomic E-state index is 2.43. The van der Waals surface area contributed by atoms with Gasteiger partial charge in [-0.2, -0.15) is 0 Å². The van der Waals surface area contributed by atoms with Crippen LogP contribution in [0, 0.1) is 0 Å². The minimum atomic E-state index is 0.446. The van der Waals surface area contributed by atoms with E-state index in [9.17, 15) is 0 Å². The monoisotopic (exact) mass is 326 g/mol. The van der Waals surface area contributed by atoms with E-state index in [-0.39, 0.29) is 0 Å². The molecule has 0 aliphatic carbocycles. The Morgan fingerprint density at radius 3 is 1.75 bits per heavy atom. The van der Waals surface area contributed by atoms with Crippen LogP contribution in [0.25, 0.3) is 10.9 Å². The highest BCUT2D eigenvalue weighted by atomic mass is 31.1. The largest absolute Gasteiger partial charge is 0.0781 e. The van der Waals surface area contributed by atoms with Crippen molar-refractivity contribution in [1.82, 2.24) is 0 Å². The van der Waals surface area contributed by atoms with E-state index in [1.807, 2.05) is 0 Å². The van der Waals surface area contributed by atoms with E-state index >= 15 is 0 Å². The molecular weight excluding hydrogens is 307 g/mol. The third kappa shape index (κ3) is 3.25. The van der Waals surface area contributed by atoms with Gasteiger partial charge in [0.2, 0.25) is 0 Å². The smallest absolute Gasteiger partial charge is 0.0243 e. The Morgan fingerprint density at radius 2 is 1.12 bits per heavy atom.